The Morgan fingerprint density at radius 3 is 1.76 bits per heavy atom. The molecule has 0 bridgehead atoms. The predicted molar refractivity (Wildman–Crippen MR) is 212 cm³/mol. The Bertz CT molecular complexity index is 2420. The van der Waals surface area contributed by atoms with Gasteiger partial charge in [0.05, 0.1) is 11.1 Å². The van der Waals surface area contributed by atoms with E-state index >= 15 is 0 Å². The number of anilines is 5. The molecular weight excluding hydrogens is 617 g/mol. The quantitative estimate of drug-likeness (QED) is 0.183. The molecule has 0 amide bonds. The summed E-state index contributed by atoms with van der Waals surface area (Å²) in [5.74, 6) is 0. The summed E-state index contributed by atoms with van der Waals surface area (Å²) < 4.78 is 0. The van der Waals surface area contributed by atoms with Crippen LogP contribution in [0.2, 0.25) is 0 Å². The van der Waals surface area contributed by atoms with Crippen LogP contribution in [0.15, 0.2) is 205 Å². The van der Waals surface area contributed by atoms with E-state index in [9.17, 15) is 0 Å². The van der Waals surface area contributed by atoms with Crippen molar-refractivity contribution in [2.24, 2.45) is 0 Å². The first-order chi connectivity index (χ1) is 25.3. The second-order valence-corrected chi connectivity index (χ2v) is 13.6. The van der Waals surface area contributed by atoms with E-state index in [1.807, 2.05) is 0 Å². The topological polar surface area (TPSA) is 6.48 Å². The lowest BCUT2D eigenvalue weighted by Gasteiger charge is -2.47. The molecule has 0 N–H and O–H groups in total. The van der Waals surface area contributed by atoms with Crippen molar-refractivity contribution in [1.29, 1.82) is 0 Å². The molecule has 1 unspecified atom stereocenters. The second-order valence-electron chi connectivity index (χ2n) is 13.6. The third-order valence-electron chi connectivity index (χ3n) is 10.9. The van der Waals surface area contributed by atoms with Gasteiger partial charge < -0.3 is 9.80 Å². The molecule has 10 rings (SSSR count). The van der Waals surface area contributed by atoms with E-state index in [0.29, 0.717) is 0 Å². The van der Waals surface area contributed by atoms with Crippen LogP contribution in [0.5, 0.6) is 0 Å². The van der Waals surface area contributed by atoms with Crippen LogP contribution in [0.3, 0.4) is 0 Å². The lowest BCUT2D eigenvalue weighted by molar-refractivity contribution is 0.664. The number of nitrogens with zero attached hydrogens (tertiary/aromatic N) is 2. The minimum absolute atomic E-state index is 0.388. The Morgan fingerprint density at radius 1 is 0.471 bits per heavy atom. The highest BCUT2D eigenvalue weighted by Gasteiger charge is 2.53. The molecule has 1 atom stereocenters. The molecule has 51 heavy (non-hydrogen) atoms. The van der Waals surface area contributed by atoms with Gasteiger partial charge in [0.2, 0.25) is 0 Å². The summed E-state index contributed by atoms with van der Waals surface area (Å²) in [7, 11) is 0. The number of para-hydroxylation sites is 4. The van der Waals surface area contributed by atoms with Crippen molar-refractivity contribution in [1.82, 2.24) is 0 Å². The molecule has 1 spiro atoms. The summed E-state index contributed by atoms with van der Waals surface area (Å²) >= 11 is 0. The van der Waals surface area contributed by atoms with E-state index in [2.05, 4.69) is 204 Å². The standard InChI is InChI=1S/C49H36N2/c1-4-17-36(18-5-1)50(37-19-6-2-7-20-37)39-33-31-35(32-34-39)40-24-16-28-45-48(40)41-23-10-11-25-42(41)49(45)43-26-12-14-29-46(43)51(38-21-8-3-9-22-38)47-30-15-13-27-44(47)49/h1-12,14-26,28-34H,13,27H2. The van der Waals surface area contributed by atoms with E-state index in [1.165, 1.54) is 61.6 Å². The fraction of sp³-hybridized carbons (Fsp3) is 0.0612. The lowest BCUT2D eigenvalue weighted by Crippen LogP contribution is -2.39. The van der Waals surface area contributed by atoms with Gasteiger partial charge in [-0.3, -0.25) is 0 Å². The second kappa shape index (κ2) is 11.9. The molecule has 2 aliphatic carbocycles. The van der Waals surface area contributed by atoms with Crippen molar-refractivity contribution < 1.29 is 0 Å². The van der Waals surface area contributed by atoms with Crippen molar-refractivity contribution in [3.8, 4) is 22.3 Å². The van der Waals surface area contributed by atoms with Crippen LogP contribution in [-0.4, -0.2) is 0 Å². The summed E-state index contributed by atoms with van der Waals surface area (Å²) in [6, 6.07) is 66.5. The van der Waals surface area contributed by atoms with Gasteiger partial charge in [0.25, 0.3) is 0 Å². The van der Waals surface area contributed by atoms with Gasteiger partial charge in [-0.25, -0.2) is 0 Å². The van der Waals surface area contributed by atoms with Gasteiger partial charge in [-0.05, 0) is 118 Å². The summed E-state index contributed by atoms with van der Waals surface area (Å²) in [6.45, 7) is 0. The maximum Gasteiger partial charge on any atom is 0.0717 e. The molecule has 0 fully saturated rings. The maximum atomic E-state index is 2.49. The molecular formula is C49H36N2. The summed E-state index contributed by atoms with van der Waals surface area (Å²) in [6.07, 6.45) is 6.76. The predicted octanol–water partition coefficient (Wildman–Crippen LogP) is 12.9. The van der Waals surface area contributed by atoms with Crippen LogP contribution in [-0.2, 0) is 5.41 Å². The number of benzene rings is 7. The van der Waals surface area contributed by atoms with Crippen LogP contribution < -0.4 is 9.80 Å². The molecule has 0 aromatic heterocycles. The van der Waals surface area contributed by atoms with Crippen molar-refractivity contribution in [2.45, 2.75) is 18.3 Å². The number of rotatable bonds is 5. The Morgan fingerprint density at radius 2 is 1.04 bits per heavy atom. The Balaban J connectivity index is 1.18. The van der Waals surface area contributed by atoms with Crippen molar-refractivity contribution in [3.05, 3.63) is 222 Å². The molecule has 0 radical (unpaired) electrons. The SMILES string of the molecule is C1=CC2=C(CC1)C1(c3ccccc3-c3c(-c4ccc(N(c5ccccc5)c5ccccc5)cc4)cccc31)c1ccccc1N2c1ccccc1. The number of hydrogen-bond acceptors (Lipinski definition) is 2. The Labute approximate surface area is 299 Å². The van der Waals surface area contributed by atoms with Crippen LogP contribution in [0.25, 0.3) is 22.3 Å². The molecule has 0 saturated heterocycles. The fourth-order valence-electron chi connectivity index (χ4n) is 8.95. The molecule has 2 nitrogen and oxygen atoms in total. The van der Waals surface area contributed by atoms with Gasteiger partial charge >= 0.3 is 0 Å². The molecule has 7 aromatic carbocycles. The lowest BCUT2D eigenvalue weighted by atomic mass is 9.62. The van der Waals surface area contributed by atoms with Gasteiger partial charge in [-0.2, -0.15) is 0 Å². The van der Waals surface area contributed by atoms with E-state index < -0.39 is 0 Å². The maximum absolute atomic E-state index is 2.49. The third kappa shape index (κ3) is 4.43. The summed E-state index contributed by atoms with van der Waals surface area (Å²) in [4.78, 5) is 4.81. The van der Waals surface area contributed by atoms with Gasteiger partial charge in [-0.15, -0.1) is 0 Å². The molecule has 0 saturated carbocycles. The number of fused-ring (bicyclic) bond motifs is 8. The van der Waals surface area contributed by atoms with Gasteiger partial charge in [0.1, 0.15) is 0 Å². The Hall–Kier alpha value is -6.38. The molecule has 7 aromatic rings. The minimum atomic E-state index is -0.388. The van der Waals surface area contributed by atoms with Gasteiger partial charge in [0, 0.05) is 28.4 Å². The van der Waals surface area contributed by atoms with Crippen LogP contribution in [0, 0.1) is 0 Å². The fourth-order valence-corrected chi connectivity index (χ4v) is 8.95. The van der Waals surface area contributed by atoms with E-state index in [-0.39, 0.29) is 5.41 Å². The van der Waals surface area contributed by atoms with Crippen molar-refractivity contribution in [2.75, 3.05) is 9.80 Å². The Kier molecular flexibility index (Phi) is 6.89. The van der Waals surface area contributed by atoms with Crippen LogP contribution in [0.1, 0.15) is 29.5 Å². The molecule has 3 aliphatic rings. The van der Waals surface area contributed by atoms with Crippen molar-refractivity contribution in [3.63, 3.8) is 0 Å². The zero-order valence-electron chi connectivity index (χ0n) is 28.3. The smallest absolute Gasteiger partial charge is 0.0717 e. The molecule has 1 heterocycles. The highest BCUT2D eigenvalue weighted by Crippen LogP contribution is 2.64. The first-order valence-electron chi connectivity index (χ1n) is 17.9. The first-order valence-corrected chi connectivity index (χ1v) is 17.9. The van der Waals surface area contributed by atoms with E-state index in [0.717, 1.165) is 29.9 Å². The highest BCUT2D eigenvalue weighted by atomic mass is 15.2. The molecule has 2 heteroatoms. The van der Waals surface area contributed by atoms with E-state index in [1.54, 1.807) is 0 Å². The normalized spacial score (nSPS) is 16.7. The van der Waals surface area contributed by atoms with Crippen LogP contribution in [0.4, 0.5) is 28.4 Å². The average Bonchev–Trinajstić information content (AvgIpc) is 3.51. The summed E-state index contributed by atoms with van der Waals surface area (Å²) in [5.41, 5.74) is 17.5. The monoisotopic (exact) mass is 652 g/mol. The van der Waals surface area contributed by atoms with Gasteiger partial charge in [-0.1, -0.05) is 133 Å². The molecule has 1 aliphatic heterocycles. The zero-order chi connectivity index (χ0) is 33.8. The van der Waals surface area contributed by atoms with Gasteiger partial charge in [0.15, 0.2) is 0 Å². The minimum Gasteiger partial charge on any atom is -0.311 e. The first kappa shape index (κ1) is 29.5. The number of hydrogen-bond donors (Lipinski definition) is 0. The average molecular weight is 653 g/mol. The summed E-state index contributed by atoms with van der Waals surface area (Å²) in [5, 5.41) is 0. The molecule has 242 valence electrons. The third-order valence-corrected chi connectivity index (χ3v) is 10.9. The van der Waals surface area contributed by atoms with E-state index in [4.69, 9.17) is 0 Å². The largest absolute Gasteiger partial charge is 0.311 e. The zero-order valence-corrected chi connectivity index (χ0v) is 28.3. The number of allylic oxidation sites excluding steroid dienone is 3. The van der Waals surface area contributed by atoms with Crippen LogP contribution >= 0.6 is 0 Å². The van der Waals surface area contributed by atoms with Crippen molar-refractivity contribution >= 4 is 28.4 Å². The highest BCUT2D eigenvalue weighted by molar-refractivity contribution is 5.98.